The van der Waals surface area contributed by atoms with E-state index in [1.165, 1.54) is 21.9 Å². The molecule has 4 atom stereocenters. The van der Waals surface area contributed by atoms with E-state index in [4.69, 9.17) is 0 Å². The Kier molecular flexibility index (Phi) is 2.73. The van der Waals surface area contributed by atoms with Crippen LogP contribution in [0.5, 0.6) is 0 Å². The predicted molar refractivity (Wildman–Crippen MR) is 93.4 cm³/mol. The van der Waals surface area contributed by atoms with Gasteiger partial charge >= 0.3 is 0 Å². The molecule has 0 unspecified atom stereocenters. The highest BCUT2D eigenvalue weighted by Gasteiger charge is 2.60. The van der Waals surface area contributed by atoms with Gasteiger partial charge in [0.2, 0.25) is 0 Å². The average molecular weight is 308 g/mol. The van der Waals surface area contributed by atoms with Crippen LogP contribution in [0.2, 0.25) is 0 Å². The summed E-state index contributed by atoms with van der Waals surface area (Å²) in [5, 5.41) is 21.0. The number of benzene rings is 2. The third-order valence-electron chi connectivity index (χ3n) is 6.30. The normalized spacial score (nSPS) is 29.1. The van der Waals surface area contributed by atoms with Gasteiger partial charge in [-0.25, -0.2) is 0 Å². The largest absolute Gasteiger partial charge is 0.192 e. The Morgan fingerprint density at radius 2 is 1.54 bits per heavy atom. The summed E-state index contributed by atoms with van der Waals surface area (Å²) < 4.78 is 0. The van der Waals surface area contributed by atoms with Crippen LogP contribution in [0.3, 0.4) is 0 Å². The van der Waals surface area contributed by atoms with Gasteiger partial charge in [-0.2, -0.15) is 10.5 Å². The first-order chi connectivity index (χ1) is 11.8. The number of fused-ring (bicyclic) bond motifs is 1. The van der Waals surface area contributed by atoms with Crippen LogP contribution in [0, 0.1) is 46.3 Å². The van der Waals surface area contributed by atoms with E-state index in [0.29, 0.717) is 29.2 Å². The lowest BCUT2D eigenvalue weighted by Crippen LogP contribution is -2.07. The molecular formula is C22H16N2. The summed E-state index contributed by atoms with van der Waals surface area (Å²) in [7, 11) is 0. The summed E-state index contributed by atoms with van der Waals surface area (Å²) in [6.45, 7) is 0. The number of allylic oxidation sites excluding steroid dienone is 3. The molecule has 0 heterocycles. The quantitative estimate of drug-likeness (QED) is 0.707. The predicted octanol–water partition coefficient (Wildman–Crippen LogP) is 4.85. The van der Waals surface area contributed by atoms with Crippen LogP contribution in [0.25, 0.3) is 16.8 Å². The summed E-state index contributed by atoms with van der Waals surface area (Å²) in [6, 6.07) is 19.3. The molecule has 0 spiro atoms. The number of nitrogens with zero attached hydrogens (tertiary/aromatic N) is 2. The molecule has 2 aromatic rings. The van der Waals surface area contributed by atoms with Gasteiger partial charge in [0.05, 0.1) is 0 Å². The van der Waals surface area contributed by atoms with Crippen LogP contribution in [-0.4, -0.2) is 0 Å². The van der Waals surface area contributed by atoms with Gasteiger partial charge in [-0.05, 0) is 58.4 Å². The van der Waals surface area contributed by atoms with Crippen LogP contribution in [0.15, 0.2) is 59.2 Å². The van der Waals surface area contributed by atoms with E-state index in [1.54, 1.807) is 5.57 Å². The highest BCUT2D eigenvalue weighted by Crippen LogP contribution is 2.69. The highest BCUT2D eigenvalue weighted by molar-refractivity contribution is 5.91. The fraction of sp³-hybridized carbons (Fsp3) is 0.273. The van der Waals surface area contributed by atoms with Gasteiger partial charge in [-0.15, -0.1) is 0 Å². The highest BCUT2D eigenvalue weighted by atomic mass is 14.6. The third kappa shape index (κ3) is 1.64. The van der Waals surface area contributed by atoms with E-state index in [0.717, 1.165) is 12.8 Å². The van der Waals surface area contributed by atoms with Crippen LogP contribution >= 0.6 is 0 Å². The summed E-state index contributed by atoms with van der Waals surface area (Å²) in [5.41, 5.74) is 4.41. The second-order valence-corrected chi connectivity index (χ2v) is 7.16. The standard InChI is InChI=1S/C22H16N2/c23-11-15(12-24)22-20-9-18-17(19(20)10-21(18)22)8-14-6-3-5-13-4-1-2-7-16(13)14/h1-8,18-21H,9-10H2/t18-,19-,20+,21+/m1/s1. The maximum atomic E-state index is 9.23. The van der Waals surface area contributed by atoms with Gasteiger partial charge < -0.3 is 0 Å². The Bertz CT molecular complexity index is 969. The van der Waals surface area contributed by atoms with E-state index in [-0.39, 0.29) is 0 Å². The van der Waals surface area contributed by atoms with Crippen LogP contribution in [0.4, 0.5) is 0 Å². The maximum Gasteiger partial charge on any atom is 0.129 e. The fourth-order valence-corrected chi connectivity index (χ4v) is 5.47. The van der Waals surface area contributed by atoms with Crippen LogP contribution < -0.4 is 0 Å². The van der Waals surface area contributed by atoms with Crippen LogP contribution in [-0.2, 0) is 0 Å². The number of hydrogen-bond donors (Lipinski definition) is 0. The van der Waals surface area contributed by atoms with Gasteiger partial charge in [0, 0.05) is 0 Å². The molecule has 0 N–H and O–H groups in total. The zero-order chi connectivity index (χ0) is 16.3. The number of nitriles is 2. The van der Waals surface area contributed by atoms with Crippen molar-refractivity contribution in [1.29, 1.82) is 10.5 Å². The third-order valence-corrected chi connectivity index (χ3v) is 6.30. The maximum absolute atomic E-state index is 9.23. The summed E-state index contributed by atoms with van der Waals surface area (Å²) >= 11 is 0. The molecule has 24 heavy (non-hydrogen) atoms. The van der Waals surface area contributed by atoms with Crippen molar-refractivity contribution in [3.05, 3.63) is 64.7 Å². The molecule has 0 aromatic heterocycles. The van der Waals surface area contributed by atoms with Crippen molar-refractivity contribution < 1.29 is 0 Å². The van der Waals surface area contributed by atoms with Crippen LogP contribution in [0.1, 0.15) is 18.4 Å². The van der Waals surface area contributed by atoms with Crippen molar-refractivity contribution >= 4 is 16.8 Å². The Labute approximate surface area is 141 Å². The van der Waals surface area contributed by atoms with Crippen molar-refractivity contribution in [2.45, 2.75) is 12.8 Å². The Morgan fingerprint density at radius 3 is 2.25 bits per heavy atom. The molecule has 6 rings (SSSR count). The molecule has 4 fully saturated rings. The molecule has 114 valence electrons. The number of hydrogen-bond acceptors (Lipinski definition) is 2. The van der Waals surface area contributed by atoms with Gasteiger partial charge in [-0.1, -0.05) is 54.1 Å². The molecule has 4 saturated carbocycles. The zero-order valence-electron chi connectivity index (χ0n) is 13.2. The van der Waals surface area contributed by atoms with E-state index < -0.39 is 0 Å². The van der Waals surface area contributed by atoms with Crippen molar-refractivity contribution in [3.8, 4) is 12.1 Å². The molecule has 2 nitrogen and oxygen atoms in total. The molecule has 0 amide bonds. The monoisotopic (exact) mass is 308 g/mol. The average Bonchev–Trinajstić information content (AvgIpc) is 3.34. The van der Waals surface area contributed by atoms with Gasteiger partial charge in [-0.3, -0.25) is 0 Å². The first-order valence-corrected chi connectivity index (χ1v) is 8.55. The van der Waals surface area contributed by atoms with Gasteiger partial charge in [0.15, 0.2) is 0 Å². The summed E-state index contributed by atoms with van der Waals surface area (Å²) in [6.07, 6.45) is 4.66. The molecular weight excluding hydrogens is 292 g/mol. The zero-order valence-corrected chi connectivity index (χ0v) is 13.2. The molecule has 4 aliphatic carbocycles. The minimum absolute atomic E-state index is 0.388. The summed E-state index contributed by atoms with van der Waals surface area (Å²) in [5.74, 6) is 1.97. The first kappa shape index (κ1) is 13.6. The van der Waals surface area contributed by atoms with E-state index in [2.05, 4.69) is 60.7 Å². The Morgan fingerprint density at radius 1 is 0.875 bits per heavy atom. The van der Waals surface area contributed by atoms with Crippen molar-refractivity contribution in [2.75, 3.05) is 0 Å². The Hall–Kier alpha value is -2.84. The van der Waals surface area contributed by atoms with E-state index in [9.17, 15) is 10.5 Å². The first-order valence-electron chi connectivity index (χ1n) is 8.55. The molecule has 4 aliphatic rings. The van der Waals surface area contributed by atoms with E-state index in [1.807, 2.05) is 0 Å². The molecule has 2 aromatic carbocycles. The second-order valence-electron chi connectivity index (χ2n) is 7.16. The van der Waals surface area contributed by atoms with Crippen molar-refractivity contribution in [1.82, 2.24) is 0 Å². The lowest BCUT2D eigenvalue weighted by molar-refractivity contribution is 0.457. The van der Waals surface area contributed by atoms with Crippen molar-refractivity contribution in [2.24, 2.45) is 23.7 Å². The fourth-order valence-electron chi connectivity index (χ4n) is 5.47. The van der Waals surface area contributed by atoms with Gasteiger partial charge in [0.1, 0.15) is 17.7 Å². The molecule has 0 radical (unpaired) electrons. The molecule has 4 bridgehead atoms. The minimum atomic E-state index is 0.388. The second kappa shape index (κ2) is 4.83. The minimum Gasteiger partial charge on any atom is -0.192 e. The SMILES string of the molecule is N#CC(C#N)=C1[C@H]2C[C@@H]3C(=Cc4cccc5ccccc45)[C@H]2C[C@H]13. The lowest BCUT2D eigenvalue weighted by Gasteiger charge is -2.16. The molecule has 0 aliphatic heterocycles. The van der Waals surface area contributed by atoms with Crippen molar-refractivity contribution in [3.63, 3.8) is 0 Å². The Balaban J connectivity index is 1.59. The topological polar surface area (TPSA) is 47.6 Å². The molecule has 0 saturated heterocycles. The van der Waals surface area contributed by atoms with Gasteiger partial charge in [0.25, 0.3) is 0 Å². The number of rotatable bonds is 1. The smallest absolute Gasteiger partial charge is 0.129 e. The lowest BCUT2D eigenvalue weighted by atomic mass is 9.87. The van der Waals surface area contributed by atoms with E-state index >= 15 is 0 Å². The summed E-state index contributed by atoms with van der Waals surface area (Å²) in [4.78, 5) is 0. The molecule has 2 heteroatoms.